The molecule has 0 amide bonds. The number of furan rings is 2. The minimum Gasteiger partial charge on any atom is -0.455 e. The van der Waals surface area contributed by atoms with Crippen molar-refractivity contribution in [3.63, 3.8) is 0 Å². The smallest absolute Gasteiger partial charge is 0.147 e. The van der Waals surface area contributed by atoms with Crippen LogP contribution in [0.5, 0.6) is 0 Å². The summed E-state index contributed by atoms with van der Waals surface area (Å²) >= 11 is 0. The Morgan fingerprint density at radius 2 is 1.32 bits per heavy atom. The number of hydrogen-bond donors (Lipinski definition) is 1. The van der Waals surface area contributed by atoms with E-state index < -0.39 is 0 Å². The van der Waals surface area contributed by atoms with Crippen molar-refractivity contribution in [2.24, 2.45) is 0 Å². The van der Waals surface area contributed by atoms with Gasteiger partial charge in [0.25, 0.3) is 0 Å². The molecular weight excluding hydrogens is 456 g/mol. The van der Waals surface area contributed by atoms with Crippen LogP contribution in [-0.2, 0) is 0 Å². The Kier molecular flexibility index (Phi) is 4.23. The summed E-state index contributed by atoms with van der Waals surface area (Å²) in [6.45, 7) is 2.22. The fourth-order valence-corrected chi connectivity index (χ4v) is 5.93. The molecule has 5 aromatic carbocycles. The van der Waals surface area contributed by atoms with E-state index in [0.29, 0.717) is 0 Å². The second kappa shape index (κ2) is 7.65. The quantitative estimate of drug-likeness (QED) is 0.273. The van der Waals surface area contributed by atoms with Crippen molar-refractivity contribution in [3.05, 3.63) is 103 Å². The van der Waals surface area contributed by atoms with Crippen LogP contribution in [0.3, 0.4) is 0 Å². The van der Waals surface area contributed by atoms with Crippen molar-refractivity contribution in [3.8, 4) is 11.1 Å². The van der Waals surface area contributed by atoms with E-state index >= 15 is 0 Å². The third-order valence-electron chi connectivity index (χ3n) is 7.61. The van der Waals surface area contributed by atoms with E-state index in [1.807, 2.05) is 24.3 Å². The van der Waals surface area contributed by atoms with E-state index in [2.05, 4.69) is 96.0 Å². The summed E-state index contributed by atoms with van der Waals surface area (Å²) in [4.78, 5) is 2.40. The lowest BCUT2D eigenvalue weighted by atomic mass is 9.98. The van der Waals surface area contributed by atoms with Crippen LogP contribution in [0, 0.1) is 0 Å². The average Bonchev–Trinajstić information content (AvgIpc) is 3.62. The van der Waals surface area contributed by atoms with E-state index in [1.165, 1.54) is 11.4 Å². The lowest BCUT2D eigenvalue weighted by Gasteiger charge is -2.26. The predicted molar refractivity (Wildman–Crippen MR) is 153 cm³/mol. The Morgan fingerprint density at radius 3 is 2.03 bits per heavy atom. The molecule has 0 spiro atoms. The van der Waals surface area contributed by atoms with Gasteiger partial charge in [-0.3, -0.25) is 0 Å². The molecule has 37 heavy (non-hydrogen) atoms. The zero-order chi connectivity index (χ0) is 24.5. The van der Waals surface area contributed by atoms with Gasteiger partial charge in [0, 0.05) is 27.2 Å². The average molecular weight is 481 g/mol. The van der Waals surface area contributed by atoms with Gasteiger partial charge in [-0.2, -0.15) is 0 Å². The molecule has 4 heteroatoms. The van der Waals surface area contributed by atoms with Crippen molar-refractivity contribution in [2.45, 2.75) is 19.5 Å². The van der Waals surface area contributed by atoms with Crippen molar-refractivity contribution in [1.82, 2.24) is 0 Å². The van der Waals surface area contributed by atoms with Crippen LogP contribution in [0.15, 0.2) is 112 Å². The molecule has 0 radical (unpaired) electrons. The van der Waals surface area contributed by atoms with Gasteiger partial charge < -0.3 is 19.1 Å². The first-order chi connectivity index (χ1) is 18.3. The maximum Gasteiger partial charge on any atom is 0.147 e. The summed E-state index contributed by atoms with van der Waals surface area (Å²) in [6.07, 6.45) is 1.17. The van der Waals surface area contributed by atoms with Crippen molar-refractivity contribution in [2.75, 3.05) is 10.2 Å². The Morgan fingerprint density at radius 1 is 0.676 bits per heavy atom. The molecule has 1 atom stereocenters. The minimum atomic E-state index is 0.195. The second-order valence-electron chi connectivity index (χ2n) is 9.71. The Hall–Kier alpha value is -4.70. The topological polar surface area (TPSA) is 41.5 Å². The number of hydrogen-bond acceptors (Lipinski definition) is 4. The van der Waals surface area contributed by atoms with E-state index in [-0.39, 0.29) is 6.17 Å². The molecule has 4 nitrogen and oxygen atoms in total. The Bertz CT molecular complexity index is 1890. The summed E-state index contributed by atoms with van der Waals surface area (Å²) in [6, 6.07) is 36.0. The molecule has 7 aromatic rings. The van der Waals surface area contributed by atoms with Gasteiger partial charge in [0.15, 0.2) is 0 Å². The van der Waals surface area contributed by atoms with Crippen LogP contribution in [-0.4, -0.2) is 6.17 Å². The van der Waals surface area contributed by atoms with Crippen LogP contribution in [0.4, 0.5) is 17.1 Å². The first-order valence-corrected chi connectivity index (χ1v) is 12.8. The van der Waals surface area contributed by atoms with Crippen molar-refractivity contribution in [1.29, 1.82) is 0 Å². The summed E-state index contributed by atoms with van der Waals surface area (Å²) in [5.74, 6) is 0. The van der Waals surface area contributed by atoms with Crippen LogP contribution in [0.25, 0.3) is 55.0 Å². The highest BCUT2D eigenvalue weighted by Crippen LogP contribution is 2.46. The second-order valence-corrected chi connectivity index (χ2v) is 9.71. The molecule has 0 saturated carbocycles. The zero-order valence-electron chi connectivity index (χ0n) is 20.4. The predicted octanol–water partition coefficient (Wildman–Crippen LogP) is 9.45. The third kappa shape index (κ3) is 2.90. The SMILES string of the molecule is CCC1Nc2ccccc2N1c1cccc(-c2c3oc4ccccc4c3cc3c2oc2ccccc23)c1. The lowest BCUT2D eigenvalue weighted by molar-refractivity contribution is 0.658. The van der Waals surface area contributed by atoms with Gasteiger partial charge in [0.1, 0.15) is 28.5 Å². The van der Waals surface area contributed by atoms with E-state index in [0.717, 1.165) is 67.1 Å². The molecule has 0 saturated heterocycles. The molecule has 1 aliphatic rings. The molecule has 8 rings (SSSR count). The van der Waals surface area contributed by atoms with Gasteiger partial charge in [-0.15, -0.1) is 0 Å². The van der Waals surface area contributed by atoms with Gasteiger partial charge >= 0.3 is 0 Å². The minimum absolute atomic E-state index is 0.195. The van der Waals surface area contributed by atoms with Crippen LogP contribution >= 0.6 is 0 Å². The van der Waals surface area contributed by atoms with Crippen LogP contribution in [0.1, 0.15) is 13.3 Å². The molecule has 3 heterocycles. The Balaban J connectivity index is 1.43. The number of benzene rings is 5. The van der Waals surface area contributed by atoms with E-state index in [9.17, 15) is 0 Å². The molecular formula is C33H24N2O2. The highest BCUT2D eigenvalue weighted by Gasteiger charge is 2.29. The molecule has 1 unspecified atom stereocenters. The van der Waals surface area contributed by atoms with Crippen LogP contribution < -0.4 is 10.2 Å². The van der Waals surface area contributed by atoms with Gasteiger partial charge in [0.05, 0.1) is 16.9 Å². The summed E-state index contributed by atoms with van der Waals surface area (Å²) in [7, 11) is 0. The standard InChI is InChI=1S/C33H24N2O2/c1-2-30-34-26-14-5-6-15-27(26)35(30)21-11-9-10-20(18-21)31-32-24(22-12-3-7-16-28(22)36-32)19-25-23-13-4-8-17-29(23)37-33(25)31/h3-19,30,34H,2H2,1H3. The first kappa shape index (κ1) is 20.5. The highest BCUT2D eigenvalue weighted by molar-refractivity contribution is 6.22. The monoisotopic (exact) mass is 480 g/mol. The molecule has 0 bridgehead atoms. The maximum absolute atomic E-state index is 6.52. The molecule has 1 N–H and O–H groups in total. The fourth-order valence-electron chi connectivity index (χ4n) is 5.93. The van der Waals surface area contributed by atoms with Gasteiger partial charge in [-0.1, -0.05) is 67.6 Å². The largest absolute Gasteiger partial charge is 0.455 e. The van der Waals surface area contributed by atoms with Gasteiger partial charge in [-0.05, 0) is 54.4 Å². The number of rotatable bonds is 3. The first-order valence-electron chi connectivity index (χ1n) is 12.8. The number of para-hydroxylation sites is 4. The summed E-state index contributed by atoms with van der Waals surface area (Å²) < 4.78 is 13.0. The fraction of sp³-hybridized carbons (Fsp3) is 0.0909. The van der Waals surface area contributed by atoms with Gasteiger partial charge in [0.2, 0.25) is 0 Å². The van der Waals surface area contributed by atoms with E-state index in [4.69, 9.17) is 8.83 Å². The number of anilines is 3. The highest BCUT2D eigenvalue weighted by atomic mass is 16.3. The summed E-state index contributed by atoms with van der Waals surface area (Å²) in [5.41, 5.74) is 9.06. The Labute approximate surface area is 213 Å². The van der Waals surface area contributed by atoms with E-state index in [1.54, 1.807) is 0 Å². The third-order valence-corrected chi connectivity index (χ3v) is 7.61. The lowest BCUT2D eigenvalue weighted by Crippen LogP contribution is -2.30. The van der Waals surface area contributed by atoms with Crippen molar-refractivity contribution >= 4 is 60.9 Å². The maximum atomic E-state index is 6.52. The van der Waals surface area contributed by atoms with Crippen LogP contribution in [0.2, 0.25) is 0 Å². The molecule has 0 aliphatic carbocycles. The van der Waals surface area contributed by atoms with Crippen molar-refractivity contribution < 1.29 is 8.83 Å². The molecule has 2 aromatic heterocycles. The zero-order valence-corrected chi connectivity index (χ0v) is 20.4. The normalized spacial score (nSPS) is 15.2. The number of fused-ring (bicyclic) bond motifs is 7. The van der Waals surface area contributed by atoms with Gasteiger partial charge in [-0.25, -0.2) is 0 Å². The number of nitrogens with zero attached hydrogens (tertiary/aromatic N) is 1. The number of nitrogens with one attached hydrogen (secondary N) is 1. The summed E-state index contributed by atoms with van der Waals surface area (Å²) in [5, 5.41) is 8.12. The molecule has 1 aliphatic heterocycles. The molecule has 0 fully saturated rings. The molecule has 178 valence electrons.